The Morgan fingerprint density at radius 2 is 1.66 bits per heavy atom. The van der Waals surface area contributed by atoms with E-state index >= 15 is 0 Å². The number of hydrogen-bond donors (Lipinski definition) is 3. The maximum absolute atomic E-state index is 13.6. The Bertz CT molecular complexity index is 1250. The van der Waals surface area contributed by atoms with Gasteiger partial charge in [0, 0.05) is 37.1 Å². The number of aromatic nitrogens is 5. The summed E-state index contributed by atoms with van der Waals surface area (Å²) in [5.74, 6) is 0.866. The molecule has 2 aromatic heterocycles. The summed E-state index contributed by atoms with van der Waals surface area (Å²) in [6.07, 6.45) is -4.54. The maximum atomic E-state index is 13.6. The first kappa shape index (κ1) is 20.2. The van der Waals surface area contributed by atoms with Gasteiger partial charge >= 0.3 is 6.18 Å². The number of nitrogens with zero attached hydrogens (tertiary/aromatic N) is 5. The Morgan fingerprint density at radius 1 is 0.906 bits per heavy atom. The van der Waals surface area contributed by atoms with Crippen molar-refractivity contribution in [2.24, 2.45) is 0 Å². The lowest BCUT2D eigenvalue weighted by molar-refractivity contribution is -0.137. The number of para-hydroxylation sites is 1. The number of alkyl halides is 3. The fraction of sp³-hybridized carbons (Fsp3) is 0.238. The van der Waals surface area contributed by atoms with E-state index in [-0.39, 0.29) is 17.3 Å². The van der Waals surface area contributed by atoms with Crippen molar-refractivity contribution in [2.75, 3.05) is 36.4 Å². The van der Waals surface area contributed by atoms with Gasteiger partial charge < -0.3 is 15.5 Å². The standard InChI is InChI=1S/C21H19F3N8/c22-21(23,24)15-7-3-1-5-13(15)17-26-19(29-20(28-17)32-11-9-25-10-12-32)27-18-14-6-2-4-8-16(14)30-31-18/h1-8,25H,9-12H2,(H2,26,27,28,29,30,31). The van der Waals surface area contributed by atoms with E-state index in [4.69, 9.17) is 0 Å². The first-order chi connectivity index (χ1) is 15.5. The van der Waals surface area contributed by atoms with Crippen LogP contribution in [0.3, 0.4) is 0 Å². The zero-order valence-corrected chi connectivity index (χ0v) is 16.8. The van der Waals surface area contributed by atoms with Crippen LogP contribution in [0.5, 0.6) is 0 Å². The van der Waals surface area contributed by atoms with E-state index in [0.717, 1.165) is 30.1 Å². The molecular weight excluding hydrogens is 421 g/mol. The van der Waals surface area contributed by atoms with Crippen LogP contribution in [0.25, 0.3) is 22.3 Å². The van der Waals surface area contributed by atoms with Crippen molar-refractivity contribution in [3.8, 4) is 11.4 Å². The highest BCUT2D eigenvalue weighted by molar-refractivity contribution is 5.90. The van der Waals surface area contributed by atoms with E-state index in [1.165, 1.54) is 18.2 Å². The van der Waals surface area contributed by atoms with Crippen LogP contribution in [0.4, 0.5) is 30.9 Å². The molecule has 5 rings (SSSR count). The molecule has 164 valence electrons. The molecule has 0 bridgehead atoms. The van der Waals surface area contributed by atoms with E-state index in [9.17, 15) is 13.2 Å². The first-order valence-electron chi connectivity index (χ1n) is 10.1. The number of hydrogen-bond acceptors (Lipinski definition) is 7. The van der Waals surface area contributed by atoms with Gasteiger partial charge in [0.05, 0.1) is 11.1 Å². The van der Waals surface area contributed by atoms with Crippen molar-refractivity contribution in [1.29, 1.82) is 0 Å². The average Bonchev–Trinajstić information content (AvgIpc) is 3.22. The maximum Gasteiger partial charge on any atom is 0.417 e. The monoisotopic (exact) mass is 440 g/mol. The molecule has 1 aliphatic rings. The van der Waals surface area contributed by atoms with Crippen molar-refractivity contribution in [3.63, 3.8) is 0 Å². The molecular formula is C21H19F3N8. The van der Waals surface area contributed by atoms with Crippen LogP contribution in [0, 0.1) is 0 Å². The van der Waals surface area contributed by atoms with E-state index in [1.54, 1.807) is 0 Å². The summed E-state index contributed by atoms with van der Waals surface area (Å²) in [5, 5.41) is 14.3. The second kappa shape index (κ2) is 8.08. The zero-order chi connectivity index (χ0) is 22.1. The van der Waals surface area contributed by atoms with Gasteiger partial charge in [-0.25, -0.2) is 0 Å². The molecule has 4 aromatic rings. The number of aromatic amines is 1. The predicted molar refractivity (Wildman–Crippen MR) is 115 cm³/mol. The van der Waals surface area contributed by atoms with Crippen LogP contribution in [0.1, 0.15) is 5.56 Å². The summed E-state index contributed by atoms with van der Waals surface area (Å²) in [4.78, 5) is 15.1. The summed E-state index contributed by atoms with van der Waals surface area (Å²) in [7, 11) is 0. The van der Waals surface area contributed by atoms with Gasteiger partial charge in [-0.05, 0) is 18.2 Å². The van der Waals surface area contributed by atoms with Gasteiger partial charge in [-0.2, -0.15) is 33.2 Å². The van der Waals surface area contributed by atoms with Crippen molar-refractivity contribution in [1.82, 2.24) is 30.5 Å². The van der Waals surface area contributed by atoms with Crippen LogP contribution in [-0.2, 0) is 6.18 Å². The largest absolute Gasteiger partial charge is 0.417 e. The van der Waals surface area contributed by atoms with Crippen LogP contribution < -0.4 is 15.5 Å². The number of fused-ring (bicyclic) bond motifs is 1. The van der Waals surface area contributed by atoms with Crippen LogP contribution in [0.2, 0.25) is 0 Å². The Balaban J connectivity index is 1.61. The highest BCUT2D eigenvalue weighted by Crippen LogP contribution is 2.36. The van der Waals surface area contributed by atoms with Gasteiger partial charge in [0.1, 0.15) is 0 Å². The highest BCUT2D eigenvalue weighted by Gasteiger charge is 2.34. The molecule has 0 amide bonds. The van der Waals surface area contributed by atoms with Gasteiger partial charge in [0.15, 0.2) is 11.6 Å². The highest BCUT2D eigenvalue weighted by atomic mass is 19.4. The number of rotatable bonds is 4. The molecule has 32 heavy (non-hydrogen) atoms. The van der Waals surface area contributed by atoms with Gasteiger partial charge in [0.25, 0.3) is 0 Å². The molecule has 1 fully saturated rings. The third kappa shape index (κ3) is 3.94. The van der Waals surface area contributed by atoms with Crippen molar-refractivity contribution in [2.45, 2.75) is 6.18 Å². The van der Waals surface area contributed by atoms with Gasteiger partial charge in [0.2, 0.25) is 11.9 Å². The summed E-state index contributed by atoms with van der Waals surface area (Å²) >= 11 is 0. The molecule has 0 spiro atoms. The number of halogens is 3. The molecule has 3 N–H and O–H groups in total. The Kier molecular flexibility index (Phi) is 5.10. The normalized spacial score (nSPS) is 14.7. The quantitative estimate of drug-likeness (QED) is 0.447. The lowest BCUT2D eigenvalue weighted by Crippen LogP contribution is -2.44. The molecule has 1 saturated heterocycles. The number of piperazine rings is 1. The number of H-pyrrole nitrogens is 1. The second-order valence-electron chi connectivity index (χ2n) is 7.31. The molecule has 1 aliphatic heterocycles. The lowest BCUT2D eigenvalue weighted by Gasteiger charge is -2.27. The van der Waals surface area contributed by atoms with Gasteiger partial charge in [-0.1, -0.05) is 30.3 Å². The summed E-state index contributed by atoms with van der Waals surface area (Å²) in [5.41, 5.74) is -0.0867. The van der Waals surface area contributed by atoms with Crippen molar-refractivity contribution < 1.29 is 13.2 Å². The van der Waals surface area contributed by atoms with E-state index in [1.807, 2.05) is 29.2 Å². The number of benzene rings is 2. The van der Waals surface area contributed by atoms with E-state index < -0.39 is 11.7 Å². The SMILES string of the molecule is FC(F)(F)c1ccccc1-c1nc(Nc2n[nH]c3ccccc23)nc(N2CCNCC2)n1. The average molecular weight is 440 g/mol. The molecule has 0 radical (unpaired) electrons. The minimum absolute atomic E-state index is 0.0520. The molecule has 3 heterocycles. The van der Waals surface area contributed by atoms with Crippen LogP contribution >= 0.6 is 0 Å². The van der Waals surface area contributed by atoms with Crippen molar-refractivity contribution >= 4 is 28.6 Å². The molecule has 0 unspecified atom stereocenters. The summed E-state index contributed by atoms with van der Waals surface area (Å²) in [6.45, 7) is 2.73. The minimum Gasteiger partial charge on any atom is -0.338 e. The summed E-state index contributed by atoms with van der Waals surface area (Å²) < 4.78 is 40.9. The number of nitrogens with one attached hydrogen (secondary N) is 3. The third-order valence-corrected chi connectivity index (χ3v) is 5.20. The predicted octanol–water partition coefficient (Wildman–Crippen LogP) is 3.59. The zero-order valence-electron chi connectivity index (χ0n) is 16.8. The molecule has 0 atom stereocenters. The molecule has 0 saturated carbocycles. The fourth-order valence-electron chi connectivity index (χ4n) is 3.64. The Hall–Kier alpha value is -3.73. The van der Waals surface area contributed by atoms with Crippen molar-refractivity contribution in [3.05, 3.63) is 54.1 Å². The smallest absolute Gasteiger partial charge is 0.338 e. The van der Waals surface area contributed by atoms with Gasteiger partial charge in [-0.15, -0.1) is 0 Å². The van der Waals surface area contributed by atoms with E-state index in [0.29, 0.717) is 24.9 Å². The third-order valence-electron chi connectivity index (χ3n) is 5.20. The Labute approximate surface area is 180 Å². The summed E-state index contributed by atoms with van der Waals surface area (Å²) in [6, 6.07) is 12.8. The molecule has 11 heteroatoms. The minimum atomic E-state index is -4.54. The number of anilines is 3. The van der Waals surface area contributed by atoms with Crippen LogP contribution in [0.15, 0.2) is 48.5 Å². The van der Waals surface area contributed by atoms with E-state index in [2.05, 4.69) is 35.8 Å². The van der Waals surface area contributed by atoms with Gasteiger partial charge in [-0.3, -0.25) is 5.10 Å². The van der Waals surface area contributed by atoms with Crippen LogP contribution in [-0.4, -0.2) is 51.3 Å². The second-order valence-corrected chi connectivity index (χ2v) is 7.31. The fourth-order valence-corrected chi connectivity index (χ4v) is 3.64. The lowest BCUT2D eigenvalue weighted by atomic mass is 10.1. The topological polar surface area (TPSA) is 94.7 Å². The molecule has 8 nitrogen and oxygen atoms in total. The first-order valence-corrected chi connectivity index (χ1v) is 10.1. The Morgan fingerprint density at radius 3 is 2.47 bits per heavy atom. The molecule has 0 aliphatic carbocycles. The molecule has 2 aromatic carbocycles.